The highest BCUT2D eigenvalue weighted by molar-refractivity contribution is 6.32. The minimum Gasteiger partial charge on any atom is -0.398 e. The third kappa shape index (κ3) is 4.78. The van der Waals surface area contributed by atoms with Crippen LogP contribution in [0.5, 0.6) is 0 Å². The number of urea groups is 1. The summed E-state index contributed by atoms with van der Waals surface area (Å²) in [5.74, 6) is 0. The highest BCUT2D eigenvalue weighted by Crippen LogP contribution is 2.36. The maximum absolute atomic E-state index is 14.0. The Balaban J connectivity index is 1.79. The Labute approximate surface area is 218 Å². The average molecular weight is 504 g/mol. The quantitative estimate of drug-likeness (QED) is 0.260. The SMILES string of the molecule is CCc1ccc(N(C(=O)Nc2c(CC)c(N)cc(Cl)c2CC)C(C)c2ccc3c(c2)ncn3C)cc1. The van der Waals surface area contributed by atoms with E-state index in [0.717, 1.165) is 39.8 Å². The second-order valence-electron chi connectivity index (χ2n) is 9.09. The fourth-order valence-electron chi connectivity index (χ4n) is 4.77. The summed E-state index contributed by atoms with van der Waals surface area (Å²) in [7, 11) is 1.97. The largest absolute Gasteiger partial charge is 0.398 e. The van der Waals surface area contributed by atoms with Crippen molar-refractivity contribution >= 4 is 45.7 Å². The van der Waals surface area contributed by atoms with E-state index in [-0.39, 0.29) is 12.1 Å². The molecule has 3 aromatic carbocycles. The van der Waals surface area contributed by atoms with E-state index in [2.05, 4.69) is 35.4 Å². The molecule has 188 valence electrons. The molecule has 0 saturated heterocycles. The fraction of sp³-hybridized carbons (Fsp3) is 0.310. The lowest BCUT2D eigenvalue weighted by Crippen LogP contribution is -2.37. The van der Waals surface area contributed by atoms with Crippen molar-refractivity contribution in [3.8, 4) is 0 Å². The van der Waals surface area contributed by atoms with Crippen LogP contribution in [0.2, 0.25) is 5.02 Å². The van der Waals surface area contributed by atoms with Gasteiger partial charge in [-0.15, -0.1) is 0 Å². The summed E-state index contributed by atoms with van der Waals surface area (Å²) in [6.45, 7) is 8.20. The lowest BCUT2D eigenvalue weighted by Gasteiger charge is -2.31. The van der Waals surface area contributed by atoms with Gasteiger partial charge in [-0.3, -0.25) is 4.90 Å². The van der Waals surface area contributed by atoms with E-state index < -0.39 is 0 Å². The van der Waals surface area contributed by atoms with Crippen molar-refractivity contribution in [1.29, 1.82) is 0 Å². The van der Waals surface area contributed by atoms with Gasteiger partial charge in [0.2, 0.25) is 0 Å². The number of rotatable bonds is 7. The molecule has 7 heteroatoms. The van der Waals surface area contributed by atoms with Crippen molar-refractivity contribution in [2.75, 3.05) is 16.0 Å². The number of nitrogens with zero attached hydrogens (tertiary/aromatic N) is 3. The number of nitrogens with one attached hydrogen (secondary N) is 1. The van der Waals surface area contributed by atoms with Crippen LogP contribution in [0, 0.1) is 0 Å². The number of fused-ring (bicyclic) bond motifs is 1. The molecule has 4 rings (SSSR count). The molecule has 1 heterocycles. The number of halogens is 1. The van der Waals surface area contributed by atoms with Crippen molar-refractivity contribution in [1.82, 2.24) is 9.55 Å². The van der Waals surface area contributed by atoms with Crippen LogP contribution in [0.15, 0.2) is 54.9 Å². The molecular weight excluding hydrogens is 470 g/mol. The van der Waals surface area contributed by atoms with Gasteiger partial charge < -0.3 is 15.6 Å². The zero-order valence-corrected chi connectivity index (χ0v) is 22.4. The Kier molecular flexibility index (Phi) is 7.55. The van der Waals surface area contributed by atoms with Crippen LogP contribution >= 0.6 is 11.6 Å². The van der Waals surface area contributed by atoms with Crippen LogP contribution in [0.4, 0.5) is 21.9 Å². The number of carbonyl (C=O) groups is 1. The molecule has 4 aromatic rings. The number of nitrogen functional groups attached to an aromatic ring is 1. The molecule has 0 radical (unpaired) electrons. The van der Waals surface area contributed by atoms with Gasteiger partial charge in [0, 0.05) is 23.4 Å². The average Bonchev–Trinajstić information content (AvgIpc) is 3.24. The lowest BCUT2D eigenvalue weighted by molar-refractivity contribution is 0.255. The molecule has 0 fully saturated rings. The van der Waals surface area contributed by atoms with Crippen molar-refractivity contribution in [3.63, 3.8) is 0 Å². The zero-order chi connectivity index (χ0) is 26.0. The van der Waals surface area contributed by atoms with Crippen LogP contribution in [0.3, 0.4) is 0 Å². The van der Waals surface area contributed by atoms with Gasteiger partial charge in [0.1, 0.15) is 0 Å². The number of aryl methyl sites for hydroxylation is 2. The molecular formula is C29H34ClN5O. The number of amides is 2. The van der Waals surface area contributed by atoms with Crippen LogP contribution in [0.25, 0.3) is 11.0 Å². The van der Waals surface area contributed by atoms with Gasteiger partial charge in [0.05, 0.1) is 29.1 Å². The standard InChI is InChI=1S/C29H34ClN5O/c1-6-19-9-12-21(13-10-19)35(18(4)20-11-14-27-26(15-20)32-17-34(27)5)29(36)33-28-22(7-2)24(30)16-25(31)23(28)8-3/h9-18H,6-8,31H2,1-5H3,(H,33,36). The Bertz CT molecular complexity index is 1370. The number of imidazole rings is 1. The van der Waals surface area contributed by atoms with Crippen LogP contribution in [-0.4, -0.2) is 15.6 Å². The second-order valence-corrected chi connectivity index (χ2v) is 9.49. The maximum Gasteiger partial charge on any atom is 0.326 e. The molecule has 1 aromatic heterocycles. The summed E-state index contributed by atoms with van der Waals surface area (Å²) in [5.41, 5.74) is 14.3. The van der Waals surface area contributed by atoms with Gasteiger partial charge in [0.25, 0.3) is 0 Å². The Morgan fingerprint density at radius 2 is 1.75 bits per heavy atom. The Hall–Kier alpha value is -3.51. The monoisotopic (exact) mass is 503 g/mol. The maximum atomic E-state index is 14.0. The molecule has 6 nitrogen and oxygen atoms in total. The van der Waals surface area contributed by atoms with Crippen LogP contribution in [-0.2, 0) is 26.3 Å². The highest BCUT2D eigenvalue weighted by atomic mass is 35.5. The van der Waals surface area contributed by atoms with E-state index in [1.807, 2.05) is 56.7 Å². The van der Waals surface area contributed by atoms with E-state index in [9.17, 15) is 4.79 Å². The molecule has 0 bridgehead atoms. The summed E-state index contributed by atoms with van der Waals surface area (Å²) in [4.78, 5) is 20.3. The molecule has 0 aliphatic heterocycles. The molecule has 36 heavy (non-hydrogen) atoms. The van der Waals surface area contributed by atoms with E-state index in [4.69, 9.17) is 17.3 Å². The summed E-state index contributed by atoms with van der Waals surface area (Å²) < 4.78 is 1.99. The normalized spacial score (nSPS) is 12.1. The van der Waals surface area contributed by atoms with Crippen molar-refractivity contribution in [2.45, 2.75) is 53.0 Å². The predicted molar refractivity (Wildman–Crippen MR) is 151 cm³/mol. The van der Waals surface area contributed by atoms with Crippen molar-refractivity contribution < 1.29 is 4.79 Å². The Morgan fingerprint density at radius 1 is 1.06 bits per heavy atom. The van der Waals surface area contributed by atoms with E-state index in [1.165, 1.54) is 5.56 Å². The highest BCUT2D eigenvalue weighted by Gasteiger charge is 2.26. The molecule has 0 spiro atoms. The van der Waals surface area contributed by atoms with Crippen molar-refractivity contribution in [3.05, 3.63) is 82.1 Å². The summed E-state index contributed by atoms with van der Waals surface area (Å²) in [6.07, 6.45) is 4.09. The number of hydrogen-bond acceptors (Lipinski definition) is 3. The fourth-order valence-corrected chi connectivity index (χ4v) is 5.12. The number of anilines is 3. The smallest absolute Gasteiger partial charge is 0.326 e. The molecule has 0 saturated carbocycles. The molecule has 0 aliphatic rings. The zero-order valence-electron chi connectivity index (χ0n) is 21.6. The van der Waals surface area contributed by atoms with Crippen LogP contribution < -0.4 is 16.0 Å². The number of nitrogens with two attached hydrogens (primary N) is 1. The molecule has 1 atom stereocenters. The first kappa shape index (κ1) is 25.6. The third-order valence-corrected chi connectivity index (χ3v) is 7.26. The molecule has 2 amide bonds. The minimum absolute atomic E-state index is 0.237. The first-order chi connectivity index (χ1) is 17.3. The minimum atomic E-state index is -0.254. The van der Waals surface area contributed by atoms with Crippen LogP contribution in [0.1, 0.15) is 56.0 Å². The van der Waals surface area contributed by atoms with Gasteiger partial charge in [-0.2, -0.15) is 0 Å². The predicted octanol–water partition coefficient (Wildman–Crippen LogP) is 7.30. The van der Waals surface area contributed by atoms with E-state index in [1.54, 1.807) is 17.3 Å². The summed E-state index contributed by atoms with van der Waals surface area (Å²) >= 11 is 6.54. The third-order valence-electron chi connectivity index (χ3n) is 6.92. The summed E-state index contributed by atoms with van der Waals surface area (Å²) in [6, 6.07) is 15.6. The van der Waals surface area contributed by atoms with Gasteiger partial charge in [-0.05, 0) is 78.8 Å². The van der Waals surface area contributed by atoms with Gasteiger partial charge in [-0.25, -0.2) is 9.78 Å². The second kappa shape index (κ2) is 10.6. The van der Waals surface area contributed by atoms with E-state index >= 15 is 0 Å². The number of hydrogen-bond donors (Lipinski definition) is 2. The van der Waals surface area contributed by atoms with Gasteiger partial charge in [-0.1, -0.05) is 50.6 Å². The number of carbonyl (C=O) groups excluding carboxylic acids is 1. The van der Waals surface area contributed by atoms with Gasteiger partial charge in [0.15, 0.2) is 0 Å². The first-order valence-electron chi connectivity index (χ1n) is 12.5. The molecule has 0 aliphatic carbocycles. The van der Waals surface area contributed by atoms with Gasteiger partial charge >= 0.3 is 6.03 Å². The number of benzene rings is 3. The molecule has 1 unspecified atom stereocenters. The molecule has 3 N–H and O–H groups in total. The topological polar surface area (TPSA) is 76.2 Å². The van der Waals surface area contributed by atoms with E-state index in [0.29, 0.717) is 29.2 Å². The first-order valence-corrected chi connectivity index (χ1v) is 12.9. The lowest BCUT2D eigenvalue weighted by atomic mass is 10.0. The summed E-state index contributed by atoms with van der Waals surface area (Å²) in [5, 5.41) is 3.75. The van der Waals surface area contributed by atoms with Crippen molar-refractivity contribution in [2.24, 2.45) is 7.05 Å². The number of aromatic nitrogens is 2. The Morgan fingerprint density at radius 3 is 2.39 bits per heavy atom.